The van der Waals surface area contributed by atoms with E-state index in [0.29, 0.717) is 30.4 Å². The second-order valence-electron chi connectivity index (χ2n) is 4.66. The van der Waals surface area contributed by atoms with Gasteiger partial charge in [0.2, 0.25) is 5.88 Å². The number of anilines is 1. The molecule has 0 aromatic carbocycles. The van der Waals surface area contributed by atoms with Gasteiger partial charge in [0.05, 0.1) is 7.11 Å². The molecule has 1 aromatic rings. The first-order valence-electron chi connectivity index (χ1n) is 6.54. The van der Waals surface area contributed by atoms with Crippen molar-refractivity contribution >= 4 is 22.5 Å². The van der Waals surface area contributed by atoms with Crippen molar-refractivity contribution in [1.29, 1.82) is 0 Å². The minimum absolute atomic E-state index is 0.140. The topological polar surface area (TPSA) is 71.5 Å². The third kappa shape index (κ3) is 3.47. The number of nitrogens with zero attached hydrogens (tertiary/aromatic N) is 2. The van der Waals surface area contributed by atoms with Crippen LogP contribution in [0.5, 0.6) is 5.88 Å². The van der Waals surface area contributed by atoms with Crippen molar-refractivity contribution in [2.24, 2.45) is 0 Å². The molecule has 2 rings (SSSR count). The molecule has 0 unspecified atom stereocenters. The average Bonchev–Trinajstić information content (AvgIpc) is 2.62. The Hall–Kier alpha value is -1.63. The number of hydrogen-bond donors (Lipinski definition) is 1. The third-order valence-electron chi connectivity index (χ3n) is 3.31. The maximum absolute atomic E-state index is 12.2. The normalized spacial score (nSPS) is 23.0. The minimum Gasteiger partial charge on any atom is -0.480 e. The van der Waals surface area contributed by atoms with E-state index in [1.54, 1.807) is 23.2 Å². The zero-order valence-corrected chi connectivity index (χ0v) is 12.5. The van der Waals surface area contributed by atoms with Gasteiger partial charge >= 0.3 is 6.03 Å². The van der Waals surface area contributed by atoms with E-state index in [1.807, 2.05) is 6.92 Å². The fourth-order valence-electron chi connectivity index (χ4n) is 2.03. The molecule has 1 aliphatic rings. The van der Waals surface area contributed by atoms with Crippen molar-refractivity contribution in [3.05, 3.63) is 18.3 Å². The Morgan fingerprint density at radius 3 is 3.10 bits per heavy atom. The third-order valence-corrected chi connectivity index (χ3v) is 5.03. The zero-order chi connectivity index (χ0) is 14.5. The van der Waals surface area contributed by atoms with Crippen LogP contribution in [0.4, 0.5) is 10.5 Å². The van der Waals surface area contributed by atoms with E-state index in [-0.39, 0.29) is 11.3 Å². The maximum atomic E-state index is 12.2. The largest absolute Gasteiger partial charge is 0.480 e. The molecule has 0 bridgehead atoms. The number of methoxy groups -OCH3 is 1. The highest BCUT2D eigenvalue weighted by atomic mass is 32.2. The van der Waals surface area contributed by atoms with Crippen LogP contribution in [0.3, 0.4) is 0 Å². The molecular formula is C13H19N3O3S. The first-order valence-corrected chi connectivity index (χ1v) is 7.92. The summed E-state index contributed by atoms with van der Waals surface area (Å²) in [7, 11) is 0.658. The smallest absolute Gasteiger partial charge is 0.322 e. The fraction of sp³-hybridized carbons (Fsp3) is 0.538. The predicted octanol–water partition coefficient (Wildman–Crippen LogP) is 1.46. The highest BCUT2D eigenvalue weighted by molar-refractivity contribution is 7.85. The van der Waals surface area contributed by atoms with Crippen molar-refractivity contribution in [2.45, 2.75) is 18.6 Å². The lowest BCUT2D eigenvalue weighted by Gasteiger charge is -2.20. The van der Waals surface area contributed by atoms with Gasteiger partial charge in [-0.25, -0.2) is 9.78 Å². The predicted molar refractivity (Wildman–Crippen MR) is 78.5 cm³/mol. The highest BCUT2D eigenvalue weighted by Gasteiger charge is 2.23. The zero-order valence-electron chi connectivity index (χ0n) is 11.7. The number of rotatable bonds is 2. The van der Waals surface area contributed by atoms with E-state index >= 15 is 0 Å². The van der Waals surface area contributed by atoms with Crippen molar-refractivity contribution in [3.63, 3.8) is 0 Å². The van der Waals surface area contributed by atoms with Gasteiger partial charge in [0.25, 0.3) is 0 Å². The van der Waals surface area contributed by atoms with Gasteiger partial charge in [0.15, 0.2) is 0 Å². The van der Waals surface area contributed by atoms with Crippen LogP contribution in [0.2, 0.25) is 0 Å². The van der Waals surface area contributed by atoms with Crippen LogP contribution in [-0.2, 0) is 10.8 Å². The van der Waals surface area contributed by atoms with Gasteiger partial charge < -0.3 is 15.0 Å². The molecule has 1 aromatic heterocycles. The number of pyridine rings is 1. The molecular weight excluding hydrogens is 278 g/mol. The van der Waals surface area contributed by atoms with E-state index in [9.17, 15) is 9.00 Å². The second kappa shape index (κ2) is 6.69. The molecule has 0 saturated carbocycles. The fourth-order valence-corrected chi connectivity index (χ4v) is 3.20. The van der Waals surface area contributed by atoms with Crippen LogP contribution in [0, 0.1) is 0 Å². The standard InChI is InChI=1S/C13H19N3O3S/c1-10-5-7-16(8-9-20(10)18)13(17)15-11-4-3-6-14-12(11)19-2/h3-4,6,10H,5,7-9H2,1-2H3,(H,15,17)/t10-,20+/m1/s1. The Kier molecular flexibility index (Phi) is 4.94. The summed E-state index contributed by atoms with van der Waals surface area (Å²) in [6.45, 7) is 3.08. The lowest BCUT2D eigenvalue weighted by atomic mass is 10.3. The summed E-state index contributed by atoms with van der Waals surface area (Å²) < 4.78 is 16.9. The van der Waals surface area contributed by atoms with E-state index in [4.69, 9.17) is 4.74 Å². The van der Waals surface area contributed by atoms with Crippen LogP contribution in [0.15, 0.2) is 18.3 Å². The molecule has 7 heteroatoms. The molecule has 110 valence electrons. The molecule has 0 spiro atoms. The molecule has 2 amide bonds. The van der Waals surface area contributed by atoms with Gasteiger partial charge in [-0.05, 0) is 18.6 Å². The number of hydrogen-bond acceptors (Lipinski definition) is 4. The summed E-state index contributed by atoms with van der Waals surface area (Å²) in [6, 6.07) is 3.27. The van der Waals surface area contributed by atoms with Gasteiger partial charge in [-0.2, -0.15) is 0 Å². The van der Waals surface area contributed by atoms with Crippen LogP contribution in [0.25, 0.3) is 0 Å². The number of urea groups is 1. The van der Waals surface area contributed by atoms with Gasteiger partial charge in [-0.1, -0.05) is 6.92 Å². The number of carbonyl (C=O) groups excluding carboxylic acids is 1. The van der Waals surface area contributed by atoms with Gasteiger partial charge in [0, 0.05) is 41.1 Å². The molecule has 20 heavy (non-hydrogen) atoms. The average molecular weight is 297 g/mol. The molecule has 6 nitrogen and oxygen atoms in total. The number of amides is 2. The Bertz CT molecular complexity index is 509. The molecule has 1 aliphatic heterocycles. The van der Waals surface area contributed by atoms with Crippen LogP contribution >= 0.6 is 0 Å². The van der Waals surface area contributed by atoms with E-state index in [2.05, 4.69) is 10.3 Å². The first-order chi connectivity index (χ1) is 9.61. The SMILES string of the molecule is COc1ncccc1NC(=O)N1CC[C@@H](C)[S@@](=O)CC1. The Morgan fingerprint density at radius 1 is 1.55 bits per heavy atom. The summed E-state index contributed by atoms with van der Waals surface area (Å²) in [4.78, 5) is 18.0. The summed E-state index contributed by atoms with van der Waals surface area (Å²) in [5.74, 6) is 0.909. The molecule has 1 saturated heterocycles. The van der Waals surface area contributed by atoms with Crippen molar-refractivity contribution in [1.82, 2.24) is 9.88 Å². The number of aromatic nitrogens is 1. The highest BCUT2D eigenvalue weighted by Crippen LogP contribution is 2.20. The quantitative estimate of drug-likeness (QED) is 0.897. The second-order valence-corrected chi connectivity index (χ2v) is 6.64. The lowest BCUT2D eigenvalue weighted by molar-refractivity contribution is 0.215. The number of carbonyl (C=O) groups is 1. The number of ether oxygens (including phenoxy) is 1. The van der Waals surface area contributed by atoms with Crippen molar-refractivity contribution in [3.8, 4) is 5.88 Å². The van der Waals surface area contributed by atoms with Crippen LogP contribution in [-0.4, -0.2) is 51.3 Å². The molecule has 1 fully saturated rings. The van der Waals surface area contributed by atoms with Gasteiger partial charge in [-0.3, -0.25) is 4.21 Å². The molecule has 2 heterocycles. The summed E-state index contributed by atoms with van der Waals surface area (Å²) in [6.07, 6.45) is 2.36. The number of nitrogens with one attached hydrogen (secondary N) is 1. The molecule has 1 N–H and O–H groups in total. The van der Waals surface area contributed by atoms with Gasteiger partial charge in [0.1, 0.15) is 5.69 Å². The Morgan fingerprint density at radius 2 is 2.35 bits per heavy atom. The lowest BCUT2D eigenvalue weighted by Crippen LogP contribution is -2.37. The summed E-state index contributed by atoms with van der Waals surface area (Å²) in [5.41, 5.74) is 0.540. The Balaban J connectivity index is 2.03. The van der Waals surface area contributed by atoms with Crippen LogP contribution < -0.4 is 10.1 Å². The van der Waals surface area contributed by atoms with E-state index in [0.717, 1.165) is 6.42 Å². The first kappa shape index (κ1) is 14.8. The van der Waals surface area contributed by atoms with Crippen LogP contribution in [0.1, 0.15) is 13.3 Å². The monoisotopic (exact) mass is 297 g/mol. The van der Waals surface area contributed by atoms with Gasteiger partial charge in [-0.15, -0.1) is 0 Å². The van der Waals surface area contributed by atoms with E-state index < -0.39 is 10.8 Å². The Labute approximate surface area is 121 Å². The molecule has 2 atom stereocenters. The maximum Gasteiger partial charge on any atom is 0.322 e. The minimum atomic E-state index is -0.851. The molecule has 0 radical (unpaired) electrons. The summed E-state index contributed by atoms with van der Waals surface area (Å²) in [5, 5.41) is 2.93. The van der Waals surface area contributed by atoms with Crippen molar-refractivity contribution < 1.29 is 13.7 Å². The van der Waals surface area contributed by atoms with Crippen molar-refractivity contribution in [2.75, 3.05) is 31.3 Å². The van der Waals surface area contributed by atoms with E-state index in [1.165, 1.54) is 7.11 Å². The summed E-state index contributed by atoms with van der Waals surface area (Å²) >= 11 is 0. The molecule has 0 aliphatic carbocycles.